The standard InChI is InChI=1S/C11H21NO3Si/c1-11(2,3)16(4,5)15-9(6-7-12)8-10(13)14/h9H,6,8H2,1-5H3,(H,13,14)/t9-/m1/s1. The Kier molecular flexibility index (Phi) is 5.17. The van der Waals surface area contributed by atoms with Crippen LogP contribution in [-0.4, -0.2) is 25.5 Å². The number of carbonyl (C=O) groups is 1. The van der Waals surface area contributed by atoms with Gasteiger partial charge >= 0.3 is 5.97 Å². The van der Waals surface area contributed by atoms with Crippen molar-refractivity contribution in [1.29, 1.82) is 5.26 Å². The molecule has 5 heteroatoms. The summed E-state index contributed by atoms with van der Waals surface area (Å²) in [6, 6.07) is 1.98. The molecule has 0 bridgehead atoms. The third-order valence-electron chi connectivity index (χ3n) is 2.99. The molecule has 0 aromatic carbocycles. The van der Waals surface area contributed by atoms with Crippen molar-refractivity contribution in [1.82, 2.24) is 0 Å². The van der Waals surface area contributed by atoms with Gasteiger partial charge in [-0.15, -0.1) is 0 Å². The van der Waals surface area contributed by atoms with E-state index in [0.717, 1.165) is 0 Å². The van der Waals surface area contributed by atoms with Crippen LogP contribution < -0.4 is 0 Å². The Hall–Kier alpha value is -0.863. The van der Waals surface area contributed by atoms with Gasteiger partial charge in [0.1, 0.15) is 0 Å². The first-order valence-corrected chi connectivity index (χ1v) is 8.27. The van der Waals surface area contributed by atoms with E-state index in [0.29, 0.717) is 0 Å². The summed E-state index contributed by atoms with van der Waals surface area (Å²) in [5.74, 6) is -0.918. The summed E-state index contributed by atoms with van der Waals surface area (Å²) < 4.78 is 5.89. The number of carboxylic acid groups (broad SMARTS) is 1. The summed E-state index contributed by atoms with van der Waals surface area (Å²) in [4.78, 5) is 10.6. The van der Waals surface area contributed by atoms with Gasteiger partial charge in [-0.3, -0.25) is 4.79 Å². The fourth-order valence-corrected chi connectivity index (χ4v) is 2.40. The topological polar surface area (TPSA) is 70.3 Å². The van der Waals surface area contributed by atoms with E-state index in [1.807, 2.05) is 6.07 Å². The summed E-state index contributed by atoms with van der Waals surface area (Å²) >= 11 is 0. The lowest BCUT2D eigenvalue weighted by atomic mass is 10.2. The van der Waals surface area contributed by atoms with Crippen LogP contribution in [0, 0.1) is 11.3 Å². The SMILES string of the molecule is CC(C)(C)[Si](C)(C)O[C@H](CC#N)CC(=O)O. The maximum Gasteiger partial charge on any atom is 0.305 e. The summed E-state index contributed by atoms with van der Waals surface area (Å²) in [5, 5.41) is 17.4. The summed E-state index contributed by atoms with van der Waals surface area (Å²) in [7, 11) is -1.99. The molecule has 0 fully saturated rings. The molecule has 0 aliphatic carbocycles. The van der Waals surface area contributed by atoms with Crippen LogP contribution >= 0.6 is 0 Å². The highest BCUT2D eigenvalue weighted by Crippen LogP contribution is 2.37. The molecule has 0 aliphatic rings. The first-order valence-electron chi connectivity index (χ1n) is 5.36. The van der Waals surface area contributed by atoms with Gasteiger partial charge in [0.05, 0.1) is 25.0 Å². The first-order chi connectivity index (χ1) is 7.10. The number of nitrogens with zero attached hydrogens (tertiary/aromatic N) is 1. The van der Waals surface area contributed by atoms with E-state index in [1.165, 1.54) is 0 Å². The van der Waals surface area contributed by atoms with E-state index in [9.17, 15) is 4.79 Å². The Labute approximate surface area is 98.4 Å². The zero-order valence-corrected chi connectivity index (χ0v) is 11.7. The molecule has 0 aliphatic heterocycles. The zero-order chi connectivity index (χ0) is 13.0. The number of carboxylic acids is 1. The average molecular weight is 243 g/mol. The normalized spacial score (nSPS) is 14.2. The van der Waals surface area contributed by atoms with E-state index in [4.69, 9.17) is 14.8 Å². The molecular weight excluding hydrogens is 222 g/mol. The van der Waals surface area contributed by atoms with Gasteiger partial charge in [0.2, 0.25) is 0 Å². The Balaban J connectivity index is 4.63. The van der Waals surface area contributed by atoms with Gasteiger partial charge in [0, 0.05) is 0 Å². The van der Waals surface area contributed by atoms with Gasteiger partial charge in [-0.1, -0.05) is 20.8 Å². The van der Waals surface area contributed by atoms with Crippen molar-refractivity contribution >= 4 is 14.3 Å². The summed E-state index contributed by atoms with van der Waals surface area (Å²) in [5.41, 5.74) is 0. The van der Waals surface area contributed by atoms with Crippen LogP contribution in [0.3, 0.4) is 0 Å². The molecule has 0 spiro atoms. The Morgan fingerprint density at radius 3 is 2.31 bits per heavy atom. The second-order valence-corrected chi connectivity index (χ2v) is 10.2. The lowest BCUT2D eigenvalue weighted by molar-refractivity contribution is -0.138. The van der Waals surface area contributed by atoms with Crippen molar-refractivity contribution in [3.8, 4) is 6.07 Å². The van der Waals surface area contributed by atoms with Crippen molar-refractivity contribution in [3.63, 3.8) is 0 Å². The molecule has 92 valence electrons. The van der Waals surface area contributed by atoms with Crippen molar-refractivity contribution in [2.24, 2.45) is 0 Å². The average Bonchev–Trinajstić information content (AvgIpc) is 1.99. The highest BCUT2D eigenvalue weighted by Gasteiger charge is 2.39. The number of aliphatic carboxylic acids is 1. The number of hydrogen-bond donors (Lipinski definition) is 1. The lowest BCUT2D eigenvalue weighted by Gasteiger charge is -2.38. The van der Waals surface area contributed by atoms with Gasteiger partial charge < -0.3 is 9.53 Å². The van der Waals surface area contributed by atoms with Crippen LogP contribution in [-0.2, 0) is 9.22 Å². The first kappa shape index (κ1) is 15.1. The number of nitriles is 1. The second-order valence-electron chi connectivity index (χ2n) is 5.46. The van der Waals surface area contributed by atoms with Gasteiger partial charge in [0.15, 0.2) is 8.32 Å². The van der Waals surface area contributed by atoms with Gasteiger partial charge in [-0.05, 0) is 18.1 Å². The third kappa shape index (κ3) is 4.77. The summed E-state index contributed by atoms with van der Waals surface area (Å²) in [6.07, 6.45) is -0.442. The van der Waals surface area contributed by atoms with Crippen molar-refractivity contribution in [2.45, 2.75) is 57.8 Å². The van der Waals surface area contributed by atoms with Crippen LogP contribution in [0.5, 0.6) is 0 Å². The molecule has 0 radical (unpaired) electrons. The largest absolute Gasteiger partial charge is 0.481 e. The zero-order valence-electron chi connectivity index (χ0n) is 10.7. The minimum atomic E-state index is -1.99. The molecular formula is C11H21NO3Si. The van der Waals surface area contributed by atoms with Crippen LogP contribution in [0.2, 0.25) is 18.1 Å². The van der Waals surface area contributed by atoms with Crippen molar-refractivity contribution in [2.75, 3.05) is 0 Å². The third-order valence-corrected chi connectivity index (χ3v) is 7.52. The van der Waals surface area contributed by atoms with Gasteiger partial charge in [0.25, 0.3) is 0 Å². The van der Waals surface area contributed by atoms with E-state index < -0.39 is 20.4 Å². The van der Waals surface area contributed by atoms with Crippen LogP contribution in [0.4, 0.5) is 0 Å². The maximum atomic E-state index is 10.6. The Morgan fingerprint density at radius 2 is 2.00 bits per heavy atom. The van der Waals surface area contributed by atoms with Crippen LogP contribution in [0.15, 0.2) is 0 Å². The smallest absolute Gasteiger partial charge is 0.305 e. The molecule has 16 heavy (non-hydrogen) atoms. The monoisotopic (exact) mass is 243 g/mol. The van der Waals surface area contributed by atoms with Crippen LogP contribution in [0.1, 0.15) is 33.6 Å². The molecule has 0 amide bonds. The van der Waals surface area contributed by atoms with Gasteiger partial charge in [-0.25, -0.2) is 0 Å². The van der Waals surface area contributed by atoms with E-state index in [2.05, 4.69) is 33.9 Å². The van der Waals surface area contributed by atoms with E-state index >= 15 is 0 Å². The van der Waals surface area contributed by atoms with Gasteiger partial charge in [-0.2, -0.15) is 5.26 Å². The van der Waals surface area contributed by atoms with E-state index in [1.54, 1.807) is 0 Å². The highest BCUT2D eigenvalue weighted by molar-refractivity contribution is 6.74. The maximum absolute atomic E-state index is 10.6. The number of hydrogen-bond acceptors (Lipinski definition) is 3. The van der Waals surface area contributed by atoms with Crippen LogP contribution in [0.25, 0.3) is 0 Å². The van der Waals surface area contributed by atoms with Crippen molar-refractivity contribution < 1.29 is 14.3 Å². The fourth-order valence-electron chi connectivity index (χ4n) is 1.05. The minimum Gasteiger partial charge on any atom is -0.481 e. The molecule has 0 unspecified atom stereocenters. The predicted molar refractivity (Wildman–Crippen MR) is 64.6 cm³/mol. The second kappa shape index (κ2) is 5.46. The number of rotatable bonds is 5. The lowest BCUT2D eigenvalue weighted by Crippen LogP contribution is -2.44. The molecule has 0 aromatic heterocycles. The quantitative estimate of drug-likeness (QED) is 0.754. The molecule has 1 atom stereocenters. The Bertz CT molecular complexity index is 289. The highest BCUT2D eigenvalue weighted by atomic mass is 28.4. The minimum absolute atomic E-state index is 0.0270. The molecule has 0 saturated carbocycles. The predicted octanol–water partition coefficient (Wildman–Crippen LogP) is 2.77. The summed E-state index contributed by atoms with van der Waals surface area (Å²) in [6.45, 7) is 10.4. The molecule has 4 nitrogen and oxygen atoms in total. The molecule has 0 rings (SSSR count). The van der Waals surface area contributed by atoms with Crippen molar-refractivity contribution in [3.05, 3.63) is 0 Å². The molecule has 0 heterocycles. The molecule has 0 aromatic rings. The van der Waals surface area contributed by atoms with E-state index in [-0.39, 0.29) is 17.9 Å². The fraction of sp³-hybridized carbons (Fsp3) is 0.818. The molecule has 1 N–H and O–H groups in total. The Morgan fingerprint density at radius 1 is 1.50 bits per heavy atom. The molecule has 0 saturated heterocycles.